The zero-order valence-corrected chi connectivity index (χ0v) is 22.9. The van der Waals surface area contributed by atoms with E-state index in [2.05, 4.69) is 10.6 Å². The fraction of sp³-hybridized carbons (Fsp3) is 0.194. The summed E-state index contributed by atoms with van der Waals surface area (Å²) in [7, 11) is 4.68. The third kappa shape index (κ3) is 6.57. The number of carbonyl (C=O) groups excluding carboxylic acids is 1. The Labute approximate surface area is 233 Å². The van der Waals surface area contributed by atoms with Gasteiger partial charge in [-0.05, 0) is 66.6 Å². The van der Waals surface area contributed by atoms with E-state index in [4.69, 9.17) is 24.6 Å². The van der Waals surface area contributed by atoms with Gasteiger partial charge in [-0.3, -0.25) is 4.79 Å². The molecule has 0 saturated carbocycles. The fourth-order valence-electron chi connectivity index (χ4n) is 4.12. The normalized spacial score (nSPS) is 10.5. The lowest BCUT2D eigenvalue weighted by Gasteiger charge is -2.15. The quantitative estimate of drug-likeness (QED) is 0.190. The summed E-state index contributed by atoms with van der Waals surface area (Å²) in [6, 6.07) is 21.8. The van der Waals surface area contributed by atoms with E-state index in [-0.39, 0.29) is 11.6 Å². The van der Waals surface area contributed by atoms with Crippen LogP contribution in [0.25, 0.3) is 11.3 Å². The third-order valence-electron chi connectivity index (χ3n) is 6.38. The van der Waals surface area contributed by atoms with Gasteiger partial charge >= 0.3 is 0 Å². The predicted molar refractivity (Wildman–Crippen MR) is 156 cm³/mol. The van der Waals surface area contributed by atoms with Crippen molar-refractivity contribution in [1.82, 2.24) is 4.98 Å². The number of anilines is 2. The highest BCUT2D eigenvalue weighted by Crippen LogP contribution is 2.29. The second kappa shape index (κ2) is 12.8. The molecule has 0 spiro atoms. The summed E-state index contributed by atoms with van der Waals surface area (Å²) in [5, 5.41) is 24.1. The van der Waals surface area contributed by atoms with E-state index in [0.29, 0.717) is 46.4 Å². The Balaban J connectivity index is 1.62. The molecule has 9 nitrogen and oxygen atoms in total. The Morgan fingerprint density at radius 1 is 0.875 bits per heavy atom. The van der Waals surface area contributed by atoms with E-state index in [1.165, 1.54) is 14.2 Å². The molecule has 0 aliphatic rings. The van der Waals surface area contributed by atoms with Crippen LogP contribution in [0.15, 0.2) is 72.8 Å². The molecule has 1 aromatic heterocycles. The number of aromatic nitrogens is 1. The summed E-state index contributed by atoms with van der Waals surface area (Å²) in [6.45, 7) is 2.02. The van der Waals surface area contributed by atoms with Crippen molar-refractivity contribution in [3.63, 3.8) is 0 Å². The van der Waals surface area contributed by atoms with Gasteiger partial charge in [0.05, 0.1) is 39.3 Å². The molecule has 0 fully saturated rings. The highest BCUT2D eigenvalue weighted by molar-refractivity contribution is 6.05. The zero-order valence-electron chi connectivity index (χ0n) is 22.9. The van der Waals surface area contributed by atoms with Crippen molar-refractivity contribution < 1.29 is 24.1 Å². The Morgan fingerprint density at radius 2 is 1.55 bits per heavy atom. The highest BCUT2D eigenvalue weighted by atomic mass is 16.5. The minimum Gasteiger partial charge on any atom is -0.497 e. The summed E-state index contributed by atoms with van der Waals surface area (Å²) in [5.41, 5.74) is 4.99. The van der Waals surface area contributed by atoms with Crippen LogP contribution < -0.4 is 24.8 Å². The number of nitrogens with zero attached hydrogens (tertiary/aromatic N) is 1. The van der Waals surface area contributed by atoms with E-state index in [1.54, 1.807) is 37.4 Å². The molecule has 1 amide bonds. The minimum absolute atomic E-state index is 0.0581. The summed E-state index contributed by atoms with van der Waals surface area (Å²) >= 11 is 0. The number of hydrogen-bond acceptors (Lipinski definition) is 8. The van der Waals surface area contributed by atoms with Crippen LogP contribution in [0.4, 0.5) is 11.5 Å². The molecular weight excluding hydrogens is 508 g/mol. The van der Waals surface area contributed by atoms with Crippen LogP contribution in [0.1, 0.15) is 27.0 Å². The molecular formula is C31H32N4O5. The SMILES string of the molecule is COc1ccc(CNc2nc(-c3cc(NC(=O)c4cc(OC)cc(OC)c4)ccc3C)ccc2C(=N)CO)cc1. The van der Waals surface area contributed by atoms with Crippen molar-refractivity contribution in [2.45, 2.75) is 13.5 Å². The van der Waals surface area contributed by atoms with Gasteiger partial charge in [-0.15, -0.1) is 0 Å². The summed E-state index contributed by atoms with van der Waals surface area (Å²) < 4.78 is 15.8. The Morgan fingerprint density at radius 3 is 2.17 bits per heavy atom. The second-order valence-electron chi connectivity index (χ2n) is 9.02. The van der Waals surface area contributed by atoms with E-state index >= 15 is 0 Å². The molecule has 0 bridgehead atoms. The van der Waals surface area contributed by atoms with Crippen LogP contribution in [0.3, 0.4) is 0 Å². The number of nitrogens with one attached hydrogen (secondary N) is 3. The van der Waals surface area contributed by atoms with Gasteiger partial charge < -0.3 is 35.4 Å². The molecule has 0 saturated heterocycles. The van der Waals surface area contributed by atoms with Gasteiger partial charge in [0.2, 0.25) is 0 Å². The molecule has 0 radical (unpaired) electrons. The zero-order chi connectivity index (χ0) is 28.6. The third-order valence-corrected chi connectivity index (χ3v) is 6.38. The first-order valence-corrected chi connectivity index (χ1v) is 12.6. The number of hydrogen-bond donors (Lipinski definition) is 4. The molecule has 0 aliphatic carbocycles. The fourth-order valence-corrected chi connectivity index (χ4v) is 4.12. The van der Waals surface area contributed by atoms with Crippen LogP contribution in [0.2, 0.25) is 0 Å². The van der Waals surface area contributed by atoms with Crippen LogP contribution >= 0.6 is 0 Å². The topological polar surface area (TPSA) is 126 Å². The minimum atomic E-state index is -0.409. The first-order valence-electron chi connectivity index (χ1n) is 12.6. The van der Waals surface area contributed by atoms with Gasteiger partial charge in [0, 0.05) is 35.0 Å². The molecule has 40 heavy (non-hydrogen) atoms. The van der Waals surface area contributed by atoms with E-state index < -0.39 is 6.61 Å². The van der Waals surface area contributed by atoms with E-state index in [9.17, 15) is 9.90 Å². The molecule has 4 N–H and O–H groups in total. The number of aliphatic hydroxyl groups excluding tert-OH is 1. The van der Waals surface area contributed by atoms with Crippen LogP contribution in [-0.2, 0) is 6.54 Å². The number of amides is 1. The average Bonchev–Trinajstić information content (AvgIpc) is 3.00. The largest absolute Gasteiger partial charge is 0.497 e. The molecule has 1 heterocycles. The monoisotopic (exact) mass is 540 g/mol. The van der Waals surface area contributed by atoms with Gasteiger partial charge in [0.15, 0.2) is 0 Å². The van der Waals surface area contributed by atoms with Crippen molar-refractivity contribution in [2.75, 3.05) is 38.6 Å². The van der Waals surface area contributed by atoms with Crippen LogP contribution in [-0.4, -0.2) is 49.6 Å². The number of aliphatic hydroxyl groups is 1. The van der Waals surface area contributed by atoms with Crippen molar-refractivity contribution in [1.29, 1.82) is 5.41 Å². The number of ether oxygens (including phenoxy) is 3. The maximum Gasteiger partial charge on any atom is 0.255 e. The van der Waals surface area contributed by atoms with Crippen LogP contribution in [0.5, 0.6) is 17.2 Å². The Hall–Kier alpha value is -4.89. The maximum atomic E-state index is 13.0. The number of benzene rings is 3. The molecule has 0 aliphatic heterocycles. The summed E-state index contributed by atoms with van der Waals surface area (Å²) in [6.07, 6.45) is 0. The molecule has 0 unspecified atom stereocenters. The maximum absolute atomic E-state index is 13.0. The van der Waals surface area contributed by atoms with Gasteiger partial charge in [-0.25, -0.2) is 4.98 Å². The summed E-state index contributed by atoms with van der Waals surface area (Å²) in [4.78, 5) is 17.9. The Kier molecular flexibility index (Phi) is 8.98. The van der Waals surface area contributed by atoms with Crippen molar-refractivity contribution >= 4 is 23.1 Å². The van der Waals surface area contributed by atoms with Crippen molar-refractivity contribution in [3.05, 3.63) is 95.1 Å². The van der Waals surface area contributed by atoms with Crippen molar-refractivity contribution in [3.8, 4) is 28.5 Å². The lowest BCUT2D eigenvalue weighted by atomic mass is 10.0. The lowest BCUT2D eigenvalue weighted by molar-refractivity contribution is 0.102. The van der Waals surface area contributed by atoms with Crippen molar-refractivity contribution in [2.24, 2.45) is 0 Å². The van der Waals surface area contributed by atoms with Gasteiger partial charge in [-0.2, -0.15) is 0 Å². The molecule has 206 valence electrons. The number of aryl methyl sites for hydroxylation is 1. The number of pyridine rings is 1. The first-order chi connectivity index (χ1) is 19.3. The molecule has 4 aromatic rings. The predicted octanol–water partition coefficient (Wildman–Crippen LogP) is 5.31. The first kappa shape index (κ1) is 28.1. The Bertz CT molecular complexity index is 1500. The molecule has 3 aromatic carbocycles. The molecule has 9 heteroatoms. The standard InChI is InChI=1S/C31H32N4O5/c1-19-5-8-22(34-31(37)21-13-24(39-3)16-25(14-21)40-4)15-27(19)29-12-11-26(28(32)18-36)30(35-29)33-17-20-6-9-23(38-2)10-7-20/h5-16,32,36H,17-18H2,1-4H3,(H,33,35)(H,34,37). The number of methoxy groups -OCH3 is 3. The average molecular weight is 541 g/mol. The second-order valence-corrected chi connectivity index (χ2v) is 9.02. The van der Waals surface area contributed by atoms with Crippen LogP contribution in [0, 0.1) is 12.3 Å². The lowest BCUT2D eigenvalue weighted by Crippen LogP contribution is -2.13. The highest BCUT2D eigenvalue weighted by Gasteiger charge is 2.15. The molecule has 4 rings (SSSR count). The van der Waals surface area contributed by atoms with Gasteiger partial charge in [0.25, 0.3) is 5.91 Å². The van der Waals surface area contributed by atoms with Gasteiger partial charge in [0.1, 0.15) is 23.1 Å². The van der Waals surface area contributed by atoms with E-state index in [1.807, 2.05) is 49.4 Å². The smallest absolute Gasteiger partial charge is 0.255 e. The number of rotatable bonds is 11. The number of carbonyl (C=O) groups is 1. The van der Waals surface area contributed by atoms with E-state index in [0.717, 1.165) is 22.4 Å². The van der Waals surface area contributed by atoms with Gasteiger partial charge in [-0.1, -0.05) is 18.2 Å². The molecule has 0 atom stereocenters. The summed E-state index contributed by atoms with van der Waals surface area (Å²) in [5.74, 6) is 1.96.